The second-order valence-electron chi connectivity index (χ2n) is 5.46. The highest BCUT2D eigenvalue weighted by molar-refractivity contribution is 7.09. The molecule has 1 aromatic rings. The van der Waals surface area contributed by atoms with Crippen molar-refractivity contribution in [3.05, 3.63) is 22.4 Å². The van der Waals surface area contributed by atoms with Gasteiger partial charge in [0, 0.05) is 30.1 Å². The third-order valence-electron chi connectivity index (χ3n) is 4.22. The van der Waals surface area contributed by atoms with Gasteiger partial charge in [-0.1, -0.05) is 18.9 Å². The van der Waals surface area contributed by atoms with Gasteiger partial charge >= 0.3 is 0 Å². The van der Waals surface area contributed by atoms with Crippen LogP contribution in [0.4, 0.5) is 0 Å². The Bertz CT molecular complexity index is 322. The quantitative estimate of drug-likeness (QED) is 0.858. The first kappa shape index (κ1) is 11.7. The molecule has 2 nitrogen and oxygen atoms in total. The predicted molar refractivity (Wildman–Crippen MR) is 73.3 cm³/mol. The summed E-state index contributed by atoms with van der Waals surface area (Å²) >= 11 is 1.84. The molecule has 2 N–H and O–H groups in total. The minimum atomic E-state index is 0.711. The number of thiophene rings is 1. The maximum absolute atomic E-state index is 3.81. The van der Waals surface area contributed by atoms with Crippen molar-refractivity contribution >= 4 is 11.3 Å². The van der Waals surface area contributed by atoms with E-state index in [4.69, 9.17) is 0 Å². The zero-order chi connectivity index (χ0) is 11.5. The van der Waals surface area contributed by atoms with E-state index >= 15 is 0 Å². The molecular weight excluding hydrogens is 228 g/mol. The van der Waals surface area contributed by atoms with Gasteiger partial charge in [-0.2, -0.15) is 0 Å². The molecule has 0 amide bonds. The van der Waals surface area contributed by atoms with E-state index in [2.05, 4.69) is 28.1 Å². The average molecular weight is 250 g/mol. The Morgan fingerprint density at radius 1 is 1.35 bits per heavy atom. The number of nitrogens with one attached hydrogen (secondary N) is 2. The molecular formula is C14H22N2S. The molecule has 2 aliphatic rings. The average Bonchev–Trinajstić information content (AvgIpc) is 2.96. The molecule has 1 saturated heterocycles. The standard InChI is InChI=1S/C14H22N2S/c1-2-6-14-11(4-1)8-12(16-14)9-15-10-13-5-3-7-17-13/h3,5,7,11-12,14-16H,1-2,4,6,8-10H2. The zero-order valence-electron chi connectivity index (χ0n) is 10.3. The molecule has 94 valence electrons. The van der Waals surface area contributed by atoms with E-state index in [0.717, 1.165) is 25.0 Å². The molecule has 3 atom stereocenters. The fourth-order valence-corrected chi connectivity index (χ4v) is 4.04. The Morgan fingerprint density at radius 2 is 2.29 bits per heavy atom. The van der Waals surface area contributed by atoms with Crippen LogP contribution in [0.3, 0.4) is 0 Å². The molecule has 2 heterocycles. The van der Waals surface area contributed by atoms with Gasteiger partial charge in [-0.05, 0) is 36.6 Å². The lowest BCUT2D eigenvalue weighted by Gasteiger charge is -2.24. The van der Waals surface area contributed by atoms with E-state index in [1.54, 1.807) is 0 Å². The van der Waals surface area contributed by atoms with Crippen molar-refractivity contribution in [1.82, 2.24) is 10.6 Å². The van der Waals surface area contributed by atoms with Gasteiger partial charge in [0.1, 0.15) is 0 Å². The van der Waals surface area contributed by atoms with Crippen molar-refractivity contribution in [2.24, 2.45) is 5.92 Å². The molecule has 1 aliphatic carbocycles. The van der Waals surface area contributed by atoms with E-state index in [1.165, 1.54) is 37.0 Å². The Morgan fingerprint density at radius 3 is 3.12 bits per heavy atom. The summed E-state index contributed by atoms with van der Waals surface area (Å²) in [4.78, 5) is 1.44. The minimum absolute atomic E-state index is 0.711. The third-order valence-corrected chi connectivity index (χ3v) is 5.09. The summed E-state index contributed by atoms with van der Waals surface area (Å²) in [5.74, 6) is 0.970. The molecule has 0 aromatic carbocycles. The highest BCUT2D eigenvalue weighted by atomic mass is 32.1. The highest BCUT2D eigenvalue weighted by Gasteiger charge is 2.34. The van der Waals surface area contributed by atoms with Crippen LogP contribution in [-0.2, 0) is 6.54 Å². The summed E-state index contributed by atoms with van der Waals surface area (Å²) in [7, 11) is 0. The summed E-state index contributed by atoms with van der Waals surface area (Å²) in [6.45, 7) is 2.16. The molecule has 17 heavy (non-hydrogen) atoms. The number of rotatable bonds is 4. The zero-order valence-corrected chi connectivity index (χ0v) is 11.1. The first-order valence-corrected chi connectivity index (χ1v) is 7.79. The van der Waals surface area contributed by atoms with Crippen LogP contribution in [0.1, 0.15) is 37.0 Å². The summed E-state index contributed by atoms with van der Waals surface area (Å²) in [5.41, 5.74) is 0. The summed E-state index contributed by atoms with van der Waals surface area (Å²) in [6.07, 6.45) is 7.15. The van der Waals surface area contributed by atoms with Gasteiger partial charge in [0.05, 0.1) is 0 Å². The van der Waals surface area contributed by atoms with Crippen LogP contribution in [-0.4, -0.2) is 18.6 Å². The van der Waals surface area contributed by atoms with E-state index in [1.807, 2.05) is 11.3 Å². The molecule has 1 saturated carbocycles. The molecule has 3 unspecified atom stereocenters. The molecule has 0 radical (unpaired) electrons. The first-order valence-electron chi connectivity index (χ1n) is 6.91. The van der Waals surface area contributed by atoms with Crippen LogP contribution in [0.5, 0.6) is 0 Å². The molecule has 3 rings (SSSR count). The largest absolute Gasteiger partial charge is 0.310 e. The van der Waals surface area contributed by atoms with Gasteiger partial charge in [-0.3, -0.25) is 0 Å². The predicted octanol–water partition coefficient (Wildman–Crippen LogP) is 2.76. The van der Waals surface area contributed by atoms with Crippen LogP contribution in [0.15, 0.2) is 17.5 Å². The Balaban J connectivity index is 1.41. The fourth-order valence-electron chi connectivity index (χ4n) is 3.37. The maximum atomic E-state index is 3.81. The Labute approximate surface area is 108 Å². The maximum Gasteiger partial charge on any atom is 0.0300 e. The van der Waals surface area contributed by atoms with Crippen molar-refractivity contribution in [2.45, 2.75) is 50.7 Å². The molecule has 0 bridgehead atoms. The van der Waals surface area contributed by atoms with Crippen LogP contribution >= 0.6 is 11.3 Å². The fraction of sp³-hybridized carbons (Fsp3) is 0.714. The topological polar surface area (TPSA) is 24.1 Å². The number of hydrogen-bond acceptors (Lipinski definition) is 3. The second kappa shape index (κ2) is 5.51. The van der Waals surface area contributed by atoms with Gasteiger partial charge in [0.2, 0.25) is 0 Å². The van der Waals surface area contributed by atoms with Crippen LogP contribution in [0.2, 0.25) is 0 Å². The molecule has 3 heteroatoms. The van der Waals surface area contributed by atoms with Crippen LogP contribution in [0.25, 0.3) is 0 Å². The van der Waals surface area contributed by atoms with Gasteiger partial charge in [0.15, 0.2) is 0 Å². The summed E-state index contributed by atoms with van der Waals surface area (Å²) in [6, 6.07) is 5.88. The van der Waals surface area contributed by atoms with E-state index in [-0.39, 0.29) is 0 Å². The van der Waals surface area contributed by atoms with Crippen molar-refractivity contribution in [3.63, 3.8) is 0 Å². The summed E-state index contributed by atoms with van der Waals surface area (Å²) in [5, 5.41) is 9.55. The van der Waals surface area contributed by atoms with Gasteiger partial charge in [-0.15, -0.1) is 11.3 Å². The molecule has 2 fully saturated rings. The lowest BCUT2D eigenvalue weighted by Crippen LogP contribution is -2.38. The van der Waals surface area contributed by atoms with Crippen LogP contribution < -0.4 is 10.6 Å². The van der Waals surface area contributed by atoms with Crippen molar-refractivity contribution < 1.29 is 0 Å². The normalized spacial score (nSPS) is 32.6. The first-order chi connectivity index (χ1) is 8.42. The van der Waals surface area contributed by atoms with Crippen molar-refractivity contribution in [1.29, 1.82) is 0 Å². The smallest absolute Gasteiger partial charge is 0.0300 e. The lowest BCUT2D eigenvalue weighted by atomic mass is 9.85. The SMILES string of the molecule is c1csc(CNCC2CC3CCCCC3N2)c1. The lowest BCUT2D eigenvalue weighted by molar-refractivity contribution is 0.325. The third kappa shape index (κ3) is 2.90. The highest BCUT2D eigenvalue weighted by Crippen LogP contribution is 2.32. The number of fused-ring (bicyclic) bond motifs is 1. The second-order valence-corrected chi connectivity index (χ2v) is 6.49. The van der Waals surface area contributed by atoms with Crippen molar-refractivity contribution in [3.8, 4) is 0 Å². The Kier molecular flexibility index (Phi) is 3.79. The van der Waals surface area contributed by atoms with E-state index in [0.29, 0.717) is 6.04 Å². The molecule has 1 aromatic heterocycles. The van der Waals surface area contributed by atoms with Gasteiger partial charge < -0.3 is 10.6 Å². The van der Waals surface area contributed by atoms with Crippen LogP contribution in [0, 0.1) is 5.92 Å². The van der Waals surface area contributed by atoms with Crippen molar-refractivity contribution in [2.75, 3.05) is 6.54 Å². The van der Waals surface area contributed by atoms with Gasteiger partial charge in [0.25, 0.3) is 0 Å². The monoisotopic (exact) mass is 250 g/mol. The van der Waals surface area contributed by atoms with E-state index in [9.17, 15) is 0 Å². The molecule has 1 aliphatic heterocycles. The minimum Gasteiger partial charge on any atom is -0.310 e. The molecule has 0 spiro atoms. The van der Waals surface area contributed by atoms with Gasteiger partial charge in [-0.25, -0.2) is 0 Å². The Hall–Kier alpha value is -0.380. The van der Waals surface area contributed by atoms with E-state index < -0.39 is 0 Å². The summed E-state index contributed by atoms with van der Waals surface area (Å²) < 4.78 is 0. The number of hydrogen-bond donors (Lipinski definition) is 2.